The lowest BCUT2D eigenvalue weighted by Crippen LogP contribution is -2.12. The van der Waals surface area contributed by atoms with E-state index in [4.69, 9.17) is 22.6 Å². The van der Waals surface area contributed by atoms with Crippen molar-refractivity contribution in [1.29, 1.82) is 5.26 Å². The van der Waals surface area contributed by atoms with E-state index in [-0.39, 0.29) is 21.3 Å². The van der Waals surface area contributed by atoms with Crippen molar-refractivity contribution in [3.05, 3.63) is 34.2 Å². The second-order valence-electron chi connectivity index (χ2n) is 4.27. The molecule has 0 saturated heterocycles. The fourth-order valence-corrected chi connectivity index (χ4v) is 3.24. The number of hydrogen-bond acceptors (Lipinski definition) is 5. The third-order valence-electron chi connectivity index (χ3n) is 2.77. The molecule has 1 amide bonds. The minimum absolute atomic E-state index is 0.101. The summed E-state index contributed by atoms with van der Waals surface area (Å²) in [6.45, 7) is 0. The molecular formula is C14H10ClN3O3S. The van der Waals surface area contributed by atoms with E-state index in [0.29, 0.717) is 16.8 Å². The Labute approximate surface area is 134 Å². The Morgan fingerprint density at radius 1 is 1.36 bits per heavy atom. The van der Waals surface area contributed by atoms with Crippen LogP contribution in [0.3, 0.4) is 0 Å². The number of nitrogen functional groups attached to an aromatic ring is 1. The van der Waals surface area contributed by atoms with Crippen molar-refractivity contribution in [2.24, 2.45) is 0 Å². The van der Waals surface area contributed by atoms with Crippen LogP contribution in [0.2, 0.25) is 4.34 Å². The number of nitrogens with one attached hydrogen (secondary N) is 1. The van der Waals surface area contributed by atoms with Crippen LogP contribution in [0.4, 0.5) is 10.7 Å². The summed E-state index contributed by atoms with van der Waals surface area (Å²) in [5.41, 5.74) is 6.93. The first-order chi connectivity index (χ1) is 10.4. The van der Waals surface area contributed by atoms with Crippen molar-refractivity contribution in [2.45, 2.75) is 6.42 Å². The monoisotopic (exact) mass is 335 g/mol. The van der Waals surface area contributed by atoms with Crippen LogP contribution in [0.15, 0.2) is 24.3 Å². The maximum Gasteiger partial charge on any atom is 0.339 e. The first-order valence-corrected chi connectivity index (χ1v) is 7.21. The molecule has 1 heterocycles. The van der Waals surface area contributed by atoms with Crippen LogP contribution in [0.1, 0.15) is 16.8 Å². The summed E-state index contributed by atoms with van der Waals surface area (Å²) in [6.07, 6.45) is -0.369. The predicted molar refractivity (Wildman–Crippen MR) is 85.0 cm³/mol. The van der Waals surface area contributed by atoms with Crippen molar-refractivity contribution in [1.82, 2.24) is 0 Å². The van der Waals surface area contributed by atoms with E-state index in [0.717, 1.165) is 11.3 Å². The fraction of sp³-hybridized carbons (Fsp3) is 0.0714. The SMILES string of the molecule is N#CCC(=O)Nc1sc(Cl)c(-c2ccc(N)cc2)c1C(=O)O. The van der Waals surface area contributed by atoms with Gasteiger partial charge in [0.1, 0.15) is 21.3 Å². The van der Waals surface area contributed by atoms with Crippen molar-refractivity contribution in [3.63, 3.8) is 0 Å². The second-order valence-corrected chi connectivity index (χ2v) is 5.89. The Kier molecular flexibility index (Phi) is 4.65. The number of benzene rings is 1. The summed E-state index contributed by atoms with van der Waals surface area (Å²) < 4.78 is 0.231. The van der Waals surface area contributed by atoms with Crippen LogP contribution >= 0.6 is 22.9 Å². The van der Waals surface area contributed by atoms with E-state index < -0.39 is 11.9 Å². The average Bonchev–Trinajstić information content (AvgIpc) is 2.76. The van der Waals surface area contributed by atoms with Crippen LogP contribution in [0.5, 0.6) is 0 Å². The minimum Gasteiger partial charge on any atom is -0.478 e. The van der Waals surface area contributed by atoms with Crippen LogP contribution in [-0.4, -0.2) is 17.0 Å². The van der Waals surface area contributed by atoms with E-state index >= 15 is 0 Å². The lowest BCUT2D eigenvalue weighted by atomic mass is 10.0. The number of anilines is 2. The number of halogens is 1. The van der Waals surface area contributed by atoms with Gasteiger partial charge in [0, 0.05) is 11.3 Å². The summed E-state index contributed by atoms with van der Waals surface area (Å²) in [6, 6.07) is 8.25. The van der Waals surface area contributed by atoms with Gasteiger partial charge in [-0.25, -0.2) is 4.79 Å². The van der Waals surface area contributed by atoms with Crippen molar-refractivity contribution in [3.8, 4) is 17.2 Å². The minimum atomic E-state index is -1.22. The third kappa shape index (κ3) is 3.19. The first kappa shape index (κ1) is 15.8. The van der Waals surface area contributed by atoms with E-state index in [1.807, 2.05) is 0 Å². The highest BCUT2D eigenvalue weighted by atomic mass is 35.5. The summed E-state index contributed by atoms with van der Waals surface area (Å²) in [5, 5.41) is 20.4. The van der Waals surface area contributed by atoms with E-state index in [1.54, 1.807) is 30.3 Å². The molecule has 1 aromatic heterocycles. The molecule has 0 aliphatic carbocycles. The van der Waals surface area contributed by atoms with Gasteiger partial charge >= 0.3 is 5.97 Å². The Hall–Kier alpha value is -2.56. The van der Waals surface area contributed by atoms with Gasteiger partial charge in [-0.05, 0) is 17.7 Å². The van der Waals surface area contributed by atoms with Gasteiger partial charge in [-0.1, -0.05) is 23.7 Å². The van der Waals surface area contributed by atoms with Gasteiger partial charge in [0.2, 0.25) is 5.91 Å². The molecular weight excluding hydrogens is 326 g/mol. The zero-order chi connectivity index (χ0) is 16.3. The molecule has 2 rings (SSSR count). The normalized spacial score (nSPS) is 10.0. The molecule has 0 saturated carbocycles. The van der Waals surface area contributed by atoms with Gasteiger partial charge in [-0.15, -0.1) is 11.3 Å². The number of nitrogens with zero attached hydrogens (tertiary/aromatic N) is 1. The number of nitriles is 1. The number of nitrogens with two attached hydrogens (primary N) is 1. The molecule has 0 atom stereocenters. The maximum atomic E-state index is 11.5. The van der Waals surface area contributed by atoms with Gasteiger partial charge < -0.3 is 16.2 Å². The Morgan fingerprint density at radius 3 is 2.55 bits per heavy atom. The molecule has 4 N–H and O–H groups in total. The Balaban J connectivity index is 2.53. The second kappa shape index (κ2) is 6.47. The largest absolute Gasteiger partial charge is 0.478 e. The number of hydrogen-bond donors (Lipinski definition) is 3. The first-order valence-electron chi connectivity index (χ1n) is 6.02. The molecule has 0 aliphatic heterocycles. The molecule has 8 heteroatoms. The van der Waals surface area contributed by atoms with Gasteiger partial charge in [0.25, 0.3) is 0 Å². The standard InChI is InChI=1S/C14H10ClN3O3S/c15-12-10(7-1-3-8(17)4-2-7)11(14(20)21)13(22-12)18-9(19)5-6-16/h1-4H,5,17H2,(H,18,19)(H,20,21). The van der Waals surface area contributed by atoms with Gasteiger partial charge in [0.05, 0.1) is 6.07 Å². The number of carboxylic acid groups (broad SMARTS) is 1. The van der Waals surface area contributed by atoms with Crippen LogP contribution in [-0.2, 0) is 4.79 Å². The van der Waals surface area contributed by atoms with Crippen LogP contribution in [0, 0.1) is 11.3 Å². The molecule has 0 bridgehead atoms. The average molecular weight is 336 g/mol. The topological polar surface area (TPSA) is 116 Å². The zero-order valence-electron chi connectivity index (χ0n) is 11.1. The summed E-state index contributed by atoms with van der Waals surface area (Å²) in [5.74, 6) is -1.81. The van der Waals surface area contributed by atoms with Gasteiger partial charge in [-0.3, -0.25) is 4.79 Å². The molecule has 0 aliphatic rings. The Bertz CT molecular complexity index is 778. The number of aromatic carboxylic acids is 1. The zero-order valence-corrected chi connectivity index (χ0v) is 12.7. The quantitative estimate of drug-likeness (QED) is 0.742. The molecule has 6 nitrogen and oxygen atoms in total. The highest BCUT2D eigenvalue weighted by Crippen LogP contribution is 2.43. The predicted octanol–water partition coefficient (Wildman–Crippen LogP) is 3.20. The lowest BCUT2D eigenvalue weighted by Gasteiger charge is -2.05. The summed E-state index contributed by atoms with van der Waals surface area (Å²) >= 11 is 7.07. The fourth-order valence-electron chi connectivity index (χ4n) is 1.85. The number of rotatable bonds is 4. The van der Waals surface area contributed by atoms with Crippen molar-refractivity contribution >= 4 is 45.5 Å². The van der Waals surface area contributed by atoms with E-state index in [2.05, 4.69) is 5.32 Å². The lowest BCUT2D eigenvalue weighted by molar-refractivity contribution is -0.115. The summed E-state index contributed by atoms with van der Waals surface area (Å²) in [7, 11) is 0. The highest BCUT2D eigenvalue weighted by molar-refractivity contribution is 7.21. The molecule has 112 valence electrons. The van der Waals surface area contributed by atoms with Gasteiger partial charge in [-0.2, -0.15) is 5.26 Å². The molecule has 0 spiro atoms. The molecule has 0 radical (unpaired) electrons. The molecule has 22 heavy (non-hydrogen) atoms. The molecule has 2 aromatic rings. The van der Waals surface area contributed by atoms with E-state index in [9.17, 15) is 14.7 Å². The Morgan fingerprint density at radius 2 is 2.00 bits per heavy atom. The van der Waals surface area contributed by atoms with E-state index in [1.165, 1.54) is 0 Å². The smallest absolute Gasteiger partial charge is 0.339 e. The third-order valence-corrected chi connectivity index (χ3v) is 4.09. The van der Waals surface area contributed by atoms with Crippen LogP contribution in [0.25, 0.3) is 11.1 Å². The van der Waals surface area contributed by atoms with Crippen molar-refractivity contribution in [2.75, 3.05) is 11.1 Å². The molecule has 0 unspecified atom stereocenters. The molecule has 1 aromatic carbocycles. The number of thiophene rings is 1. The number of carbonyl (C=O) groups is 2. The maximum absolute atomic E-state index is 11.5. The number of amides is 1. The summed E-state index contributed by atoms with van der Waals surface area (Å²) in [4.78, 5) is 23.1. The van der Waals surface area contributed by atoms with Crippen LogP contribution < -0.4 is 11.1 Å². The van der Waals surface area contributed by atoms with Crippen molar-refractivity contribution < 1.29 is 14.7 Å². The highest BCUT2D eigenvalue weighted by Gasteiger charge is 2.24. The number of carboxylic acids is 1. The molecule has 0 fully saturated rings. The van der Waals surface area contributed by atoms with Gasteiger partial charge in [0.15, 0.2) is 0 Å². The number of carbonyl (C=O) groups excluding carboxylic acids is 1.